The van der Waals surface area contributed by atoms with Gasteiger partial charge in [0.15, 0.2) is 5.13 Å². The Bertz CT molecular complexity index is 966. The number of carbonyl (C=O) groups is 1. The Balaban J connectivity index is 0.00000320. The quantitative estimate of drug-likeness (QED) is 0.573. The van der Waals surface area contributed by atoms with Gasteiger partial charge in [0.25, 0.3) is 0 Å². The minimum atomic E-state index is -3.50. The van der Waals surface area contributed by atoms with Crippen LogP contribution in [0.4, 0.5) is 9.52 Å². The van der Waals surface area contributed by atoms with E-state index in [0.717, 1.165) is 30.2 Å². The molecule has 0 unspecified atom stereocenters. The molecule has 0 bridgehead atoms. The summed E-state index contributed by atoms with van der Waals surface area (Å²) in [6, 6.07) is 4.67. The smallest absolute Gasteiger partial charge is 0.244 e. The molecule has 0 saturated carbocycles. The highest BCUT2D eigenvalue weighted by Crippen LogP contribution is 2.30. The number of likely N-dealkylation sites (N-methyl/N-ethyl adjacent to an activating group) is 1. The molecule has 1 aromatic carbocycles. The summed E-state index contributed by atoms with van der Waals surface area (Å²) in [6.07, 6.45) is 1.74. The molecule has 168 valence electrons. The molecule has 0 radical (unpaired) electrons. The number of thiazole rings is 1. The third kappa shape index (κ3) is 6.32. The Morgan fingerprint density at radius 2 is 2.03 bits per heavy atom. The zero-order valence-corrected chi connectivity index (χ0v) is 19.4. The standard InChI is InChI=1S/C18H25FN4O4S2.ClH/c1-21(29(2,25)26)13-16(24)23(8-4-7-22-9-11-27-12-10-22)18-20-17-14(19)5-3-6-15(17)28-18;/h3,5-6H,4,7-13H2,1-2H3;1H. The van der Waals surface area contributed by atoms with E-state index in [-0.39, 0.29) is 30.4 Å². The number of rotatable bonds is 8. The van der Waals surface area contributed by atoms with Crippen molar-refractivity contribution in [3.63, 3.8) is 0 Å². The summed E-state index contributed by atoms with van der Waals surface area (Å²) in [4.78, 5) is 20.9. The van der Waals surface area contributed by atoms with E-state index in [1.165, 1.54) is 29.4 Å². The van der Waals surface area contributed by atoms with E-state index in [9.17, 15) is 17.6 Å². The Morgan fingerprint density at radius 1 is 1.33 bits per heavy atom. The number of benzene rings is 1. The van der Waals surface area contributed by atoms with Gasteiger partial charge >= 0.3 is 0 Å². The van der Waals surface area contributed by atoms with Gasteiger partial charge in [-0.3, -0.25) is 14.6 Å². The van der Waals surface area contributed by atoms with Crippen LogP contribution >= 0.6 is 23.7 Å². The first-order chi connectivity index (χ1) is 13.8. The molecule has 1 aliphatic heterocycles. The molecule has 1 amide bonds. The van der Waals surface area contributed by atoms with E-state index < -0.39 is 15.8 Å². The maximum absolute atomic E-state index is 14.1. The third-order valence-corrected chi connectivity index (χ3v) is 7.08. The number of aromatic nitrogens is 1. The number of amides is 1. The maximum Gasteiger partial charge on any atom is 0.244 e. The van der Waals surface area contributed by atoms with Crippen LogP contribution in [0.5, 0.6) is 0 Å². The fourth-order valence-corrected chi connectivity index (χ4v) is 4.38. The average Bonchev–Trinajstić information content (AvgIpc) is 3.10. The molecule has 0 spiro atoms. The van der Waals surface area contributed by atoms with E-state index in [1.54, 1.807) is 12.1 Å². The minimum absolute atomic E-state index is 0. The molecule has 30 heavy (non-hydrogen) atoms. The lowest BCUT2D eigenvalue weighted by atomic mass is 10.3. The number of hydrogen-bond acceptors (Lipinski definition) is 7. The molecule has 1 aromatic heterocycles. The largest absolute Gasteiger partial charge is 0.379 e. The molecule has 2 heterocycles. The van der Waals surface area contributed by atoms with Gasteiger partial charge in [-0.2, -0.15) is 4.31 Å². The molecule has 1 saturated heterocycles. The summed E-state index contributed by atoms with van der Waals surface area (Å²) in [5, 5.41) is 0.374. The minimum Gasteiger partial charge on any atom is -0.379 e. The van der Waals surface area contributed by atoms with Gasteiger partial charge in [-0.1, -0.05) is 17.4 Å². The van der Waals surface area contributed by atoms with Crippen molar-refractivity contribution in [1.29, 1.82) is 0 Å². The molecule has 2 aromatic rings. The van der Waals surface area contributed by atoms with Gasteiger partial charge in [0.2, 0.25) is 15.9 Å². The number of hydrogen-bond donors (Lipinski definition) is 0. The van der Waals surface area contributed by atoms with Crippen LogP contribution in [-0.4, -0.2) is 87.8 Å². The van der Waals surface area contributed by atoms with Gasteiger partial charge in [-0.25, -0.2) is 17.8 Å². The predicted molar refractivity (Wildman–Crippen MR) is 119 cm³/mol. The lowest BCUT2D eigenvalue weighted by Gasteiger charge is -2.28. The second-order valence-electron chi connectivity index (χ2n) is 6.95. The fraction of sp³-hybridized carbons (Fsp3) is 0.556. The monoisotopic (exact) mass is 480 g/mol. The highest BCUT2D eigenvalue weighted by atomic mass is 35.5. The summed E-state index contributed by atoms with van der Waals surface area (Å²) in [7, 11) is -2.14. The average molecular weight is 481 g/mol. The number of nitrogens with zero attached hydrogens (tertiary/aromatic N) is 4. The summed E-state index contributed by atoms with van der Waals surface area (Å²) in [5.74, 6) is -0.835. The summed E-state index contributed by atoms with van der Waals surface area (Å²) < 4.78 is 44.5. The highest BCUT2D eigenvalue weighted by molar-refractivity contribution is 7.88. The van der Waals surface area contributed by atoms with Crippen LogP contribution < -0.4 is 4.90 Å². The molecule has 8 nitrogen and oxygen atoms in total. The van der Waals surface area contributed by atoms with Gasteiger partial charge in [-0.05, 0) is 18.6 Å². The molecule has 0 aliphatic carbocycles. The molecular weight excluding hydrogens is 455 g/mol. The zero-order chi connectivity index (χ0) is 21.0. The highest BCUT2D eigenvalue weighted by Gasteiger charge is 2.24. The number of morpholine rings is 1. The van der Waals surface area contributed by atoms with Crippen LogP contribution in [0, 0.1) is 5.82 Å². The van der Waals surface area contributed by atoms with E-state index in [0.29, 0.717) is 36.0 Å². The van der Waals surface area contributed by atoms with Gasteiger partial charge in [-0.15, -0.1) is 12.4 Å². The van der Waals surface area contributed by atoms with Crippen LogP contribution in [0.1, 0.15) is 6.42 Å². The van der Waals surface area contributed by atoms with Crippen LogP contribution in [0.2, 0.25) is 0 Å². The van der Waals surface area contributed by atoms with Crippen LogP contribution in [-0.2, 0) is 19.6 Å². The van der Waals surface area contributed by atoms with Crippen molar-refractivity contribution in [3.8, 4) is 0 Å². The lowest BCUT2D eigenvalue weighted by Crippen LogP contribution is -2.43. The summed E-state index contributed by atoms with van der Waals surface area (Å²) in [5.41, 5.74) is 0.218. The van der Waals surface area contributed by atoms with E-state index in [2.05, 4.69) is 9.88 Å². The normalized spacial score (nSPS) is 15.3. The molecule has 1 aliphatic rings. The molecule has 1 fully saturated rings. The molecule has 0 N–H and O–H groups in total. The third-order valence-electron chi connectivity index (χ3n) is 4.77. The van der Waals surface area contributed by atoms with Crippen LogP contribution in [0.3, 0.4) is 0 Å². The second kappa shape index (κ2) is 10.8. The fourth-order valence-electron chi connectivity index (χ4n) is 3.02. The van der Waals surface area contributed by atoms with E-state index >= 15 is 0 Å². The van der Waals surface area contributed by atoms with Crippen molar-refractivity contribution >= 4 is 55.0 Å². The van der Waals surface area contributed by atoms with Crippen molar-refractivity contribution < 1.29 is 22.3 Å². The molecular formula is C18H26ClFN4O4S2. The van der Waals surface area contributed by atoms with Gasteiger partial charge in [0, 0.05) is 33.2 Å². The first-order valence-corrected chi connectivity index (χ1v) is 12.0. The Morgan fingerprint density at radius 3 is 2.67 bits per heavy atom. The first-order valence-electron chi connectivity index (χ1n) is 9.32. The van der Waals surface area contributed by atoms with Crippen molar-refractivity contribution in [1.82, 2.24) is 14.2 Å². The summed E-state index contributed by atoms with van der Waals surface area (Å²) >= 11 is 1.22. The van der Waals surface area contributed by atoms with Crippen molar-refractivity contribution in [3.05, 3.63) is 24.0 Å². The van der Waals surface area contributed by atoms with Gasteiger partial charge in [0.05, 0.1) is 30.7 Å². The van der Waals surface area contributed by atoms with Gasteiger partial charge in [0.1, 0.15) is 11.3 Å². The maximum atomic E-state index is 14.1. The molecule has 3 rings (SSSR count). The van der Waals surface area contributed by atoms with Crippen molar-refractivity contribution in [2.45, 2.75) is 6.42 Å². The number of carbonyl (C=O) groups excluding carboxylic acids is 1. The first kappa shape index (κ1) is 24.9. The van der Waals surface area contributed by atoms with Gasteiger partial charge < -0.3 is 4.74 Å². The molecule has 12 heteroatoms. The number of anilines is 1. The zero-order valence-electron chi connectivity index (χ0n) is 16.9. The number of ether oxygens (including phenoxy) is 1. The second-order valence-corrected chi connectivity index (χ2v) is 10.1. The van der Waals surface area contributed by atoms with E-state index in [4.69, 9.17) is 4.74 Å². The molecule has 0 atom stereocenters. The van der Waals surface area contributed by atoms with Crippen molar-refractivity contribution in [2.75, 3.05) is 64.1 Å². The Hall–Kier alpha value is -1.37. The predicted octanol–water partition coefficient (Wildman–Crippen LogP) is 1.80. The number of sulfonamides is 1. The van der Waals surface area contributed by atoms with E-state index in [1.807, 2.05) is 0 Å². The Kier molecular flexibility index (Phi) is 8.95. The number of fused-ring (bicyclic) bond motifs is 1. The summed E-state index contributed by atoms with van der Waals surface area (Å²) in [6.45, 7) is 3.93. The van der Waals surface area contributed by atoms with Crippen molar-refractivity contribution in [2.24, 2.45) is 0 Å². The Labute approximate surface area is 186 Å². The van der Waals surface area contributed by atoms with Crippen LogP contribution in [0.25, 0.3) is 10.2 Å². The SMILES string of the molecule is CN(CC(=O)N(CCCN1CCOCC1)c1nc2c(F)cccc2s1)S(C)(=O)=O.Cl. The topological polar surface area (TPSA) is 83.1 Å². The number of halogens is 2. The lowest BCUT2D eigenvalue weighted by molar-refractivity contribution is -0.118. The van der Waals surface area contributed by atoms with Crippen LogP contribution in [0.15, 0.2) is 18.2 Å². The number of para-hydroxylation sites is 1.